The molecule has 1 heterocycles. The van der Waals surface area contributed by atoms with E-state index in [1.54, 1.807) is 0 Å². The van der Waals surface area contributed by atoms with E-state index in [-0.39, 0.29) is 29.6 Å². The van der Waals surface area contributed by atoms with Gasteiger partial charge in [-0.3, -0.25) is 4.91 Å². The molecule has 0 amide bonds. The van der Waals surface area contributed by atoms with Crippen molar-refractivity contribution in [3.8, 4) is 0 Å². The van der Waals surface area contributed by atoms with Crippen molar-refractivity contribution in [2.24, 2.45) is 0 Å². The molecule has 1 aliphatic heterocycles. The molecule has 1 saturated heterocycles. The van der Waals surface area contributed by atoms with E-state index in [0.29, 0.717) is 91.5 Å². The van der Waals surface area contributed by atoms with Gasteiger partial charge in [0, 0.05) is 64.6 Å². The maximum atomic E-state index is 6.75. The Bertz CT molecular complexity index is 1040. The van der Waals surface area contributed by atoms with Crippen molar-refractivity contribution in [3.05, 3.63) is 16.0 Å². The Balaban J connectivity index is -0.000000576. The van der Waals surface area contributed by atoms with Gasteiger partial charge in [-0.25, -0.2) is 0 Å². The largest absolute Gasteiger partial charge is 1.00 e. The van der Waals surface area contributed by atoms with Crippen LogP contribution in [-0.2, 0) is 33.2 Å². The van der Waals surface area contributed by atoms with E-state index in [0.717, 1.165) is 0 Å². The monoisotopic (exact) mass is 1140 g/mol. The van der Waals surface area contributed by atoms with E-state index in [2.05, 4.69) is 157 Å². The van der Waals surface area contributed by atoms with E-state index >= 15 is 0 Å². The van der Waals surface area contributed by atoms with Crippen LogP contribution in [0.1, 0.15) is 27.7 Å². The van der Waals surface area contributed by atoms with Crippen LogP contribution < -0.4 is 29.6 Å². The van der Waals surface area contributed by atoms with E-state index in [9.17, 15) is 0 Å². The quantitative estimate of drug-likeness (QED) is 0.0652. The summed E-state index contributed by atoms with van der Waals surface area (Å²) in [6.07, 6.45) is 0.750. The molecule has 0 N–H and O–H groups in total. The second-order valence-electron chi connectivity index (χ2n) is 28.4. The Hall–Kier alpha value is 2.83. The van der Waals surface area contributed by atoms with E-state index in [1.165, 1.54) is 21.0 Å². The van der Waals surface area contributed by atoms with Crippen LogP contribution in [0, 0.1) is 0 Å². The summed E-state index contributed by atoms with van der Waals surface area (Å²) in [7, 11) is -10.3. The predicted molar refractivity (Wildman–Crippen MR) is 324 cm³/mol. The maximum Gasteiger partial charge on any atom is 1.00 e. The summed E-state index contributed by atoms with van der Waals surface area (Å²) in [4.78, 5) is 1.50. The standard InChI is InChI=1S/C12H24O6.4C7H19Si2.C6H14O.CH2.2Al.N3.Na/c1-2-14-5-6-16-9-10-18-12-11-17-8-7-15-4-3-13-1;4*1-8(2,3)7-9(4,5)6;1-5(2)7-6(3)4;;;;1-3-2;/h1-12H2;4*7H,1-6H3;5-6H,1-4H3;1H2;;;;/q;;;;;;;;;-1;+1. The molecule has 0 aliphatic carbocycles. The second kappa shape index (κ2) is 36.0. The molecule has 0 aromatic carbocycles. The maximum absolute atomic E-state index is 6.75. The Kier molecular flexibility index (Phi) is 41.0. The third kappa shape index (κ3) is 36.7. The first kappa shape index (κ1) is 77.3. The summed E-state index contributed by atoms with van der Waals surface area (Å²) in [6.45, 7) is 82.9. The van der Waals surface area contributed by atoms with Crippen molar-refractivity contribution in [1.82, 2.24) is 0 Å². The molecule has 1 fully saturated rings. The minimum absolute atomic E-state index is 0. The molecular weight excluding hydrogens is 1020 g/mol. The fourth-order valence-electron chi connectivity index (χ4n) is 13.4. The molecule has 68 heavy (non-hydrogen) atoms. The molecule has 0 aromatic rings. The average molecular weight is 1140 g/mol. The molecule has 400 valence electrons. The smallest absolute Gasteiger partial charge is 0.377 e. The van der Waals surface area contributed by atoms with Crippen molar-refractivity contribution < 1.29 is 62.7 Å². The fourth-order valence-corrected chi connectivity index (χ4v) is 123. The molecule has 1 aliphatic rings. The van der Waals surface area contributed by atoms with E-state index in [4.69, 9.17) is 44.2 Å². The number of nitrogens with zero attached hydrogens (tertiary/aromatic N) is 3. The van der Waals surface area contributed by atoms with Crippen molar-refractivity contribution >= 4 is 92.9 Å². The molecule has 0 saturated carbocycles. The Morgan fingerprint density at radius 3 is 0.529 bits per heavy atom. The van der Waals surface area contributed by atoms with Gasteiger partial charge < -0.3 is 44.2 Å². The summed E-state index contributed by atoms with van der Waals surface area (Å²) in [5.74, 6) is 0. The molecule has 21 heteroatoms. The van der Waals surface area contributed by atoms with Crippen LogP contribution in [0.2, 0.25) is 177 Å². The third-order valence-corrected chi connectivity index (χ3v) is 90.3. The SMILES string of the molecule is C1COCCOCCOCCOCCOCCO1.CC(C)OC(C)C.C[Si](C)(C)[CH]([Al]([CH2][Al]([CH]([Si](C)(C)C)[Si](C)(C)C)[CH]([Si](C)(C)C)[Si](C)(C)C)[CH]([Si](C)(C)C)[Si](C)(C)C)[Si](C)(C)C.[N-]=[N+]=[N-].[Na+]. The van der Waals surface area contributed by atoms with Gasteiger partial charge in [-0.05, 0) is 27.7 Å². The van der Waals surface area contributed by atoms with Gasteiger partial charge in [-0.2, -0.15) is 0 Å². The zero-order valence-corrected chi connectivity index (χ0v) is 63.3. The topological polar surface area (TPSA) is 123 Å². The molecule has 0 unspecified atom stereocenters. The van der Waals surface area contributed by atoms with Gasteiger partial charge >= 0.3 is 29.6 Å². The summed E-state index contributed by atoms with van der Waals surface area (Å²) < 4.78 is 43.8. The van der Waals surface area contributed by atoms with Gasteiger partial charge in [0.2, 0.25) is 28.3 Å². The average Bonchev–Trinajstić information content (AvgIpc) is 3.03. The number of hydrogen-bond donors (Lipinski definition) is 0. The third-order valence-electron chi connectivity index (χ3n) is 12.5. The summed E-state index contributed by atoms with van der Waals surface area (Å²) in [5, 5.41) is 0. The summed E-state index contributed by atoms with van der Waals surface area (Å²) in [5.41, 5.74) is 13.5. The van der Waals surface area contributed by atoms with E-state index < -0.39 is 92.9 Å². The van der Waals surface area contributed by atoms with Crippen LogP contribution >= 0.6 is 0 Å². The number of rotatable bonds is 16. The molecule has 10 nitrogen and oxygen atoms in total. The van der Waals surface area contributed by atoms with Gasteiger partial charge in [0.1, 0.15) is 0 Å². The van der Waals surface area contributed by atoms with Crippen LogP contribution in [0.15, 0.2) is 0 Å². The van der Waals surface area contributed by atoms with Crippen LogP contribution in [0.3, 0.4) is 0 Å². The van der Waals surface area contributed by atoms with E-state index in [1.807, 2.05) is 31.8 Å². The van der Waals surface area contributed by atoms with Crippen LogP contribution in [-0.4, -0.2) is 184 Å². The van der Waals surface area contributed by atoms with Crippen molar-refractivity contribution in [2.75, 3.05) is 79.3 Å². The minimum Gasteiger partial charge on any atom is -0.377 e. The first-order valence-corrected chi connectivity index (χ1v) is 59.0. The summed E-state index contributed by atoms with van der Waals surface area (Å²) >= 11 is -2.05. The number of ether oxygens (including phenoxy) is 7. The molecular formula is C47H116Al2N3NaO7Si8. The molecule has 0 radical (unpaired) electrons. The van der Waals surface area contributed by atoms with Crippen molar-refractivity contribution in [2.45, 2.75) is 217 Å². The Labute approximate surface area is 463 Å². The van der Waals surface area contributed by atoms with Gasteiger partial charge in [0.05, 0.1) is 91.5 Å². The second-order valence-corrected chi connectivity index (χ2v) is 86.1. The normalized spacial score (nSPS) is 16.6. The van der Waals surface area contributed by atoms with Crippen molar-refractivity contribution in [1.29, 1.82) is 0 Å². The minimum atomic E-state index is -1.29. The predicted octanol–water partition coefficient (Wildman–Crippen LogP) is 11.8. The molecule has 0 atom stereocenters. The molecule has 0 bridgehead atoms. The Morgan fingerprint density at radius 2 is 0.456 bits per heavy atom. The Morgan fingerprint density at radius 1 is 0.338 bits per heavy atom. The first-order valence-electron chi connectivity index (χ1n) is 26.1. The van der Waals surface area contributed by atoms with Gasteiger partial charge in [0.25, 0.3) is 0 Å². The van der Waals surface area contributed by atoms with Gasteiger partial charge in [0.15, 0.2) is 0 Å². The molecule has 0 aromatic heterocycles. The van der Waals surface area contributed by atoms with Crippen LogP contribution in [0.5, 0.6) is 0 Å². The number of hydrogen-bond acceptors (Lipinski definition) is 7. The zero-order chi connectivity index (χ0) is 53.5. The fraction of sp³-hybridized carbons (Fsp3) is 1.00. The van der Waals surface area contributed by atoms with Gasteiger partial charge in [-0.15, -0.1) is 4.14 Å². The first-order chi connectivity index (χ1) is 30.0. The summed E-state index contributed by atoms with van der Waals surface area (Å²) in [6, 6.07) is 0. The molecule has 0 spiro atoms. The van der Waals surface area contributed by atoms with Crippen molar-refractivity contribution in [3.63, 3.8) is 0 Å². The molecule has 1 rings (SSSR count). The zero-order valence-electron chi connectivity index (χ0n) is 51.0. The van der Waals surface area contributed by atoms with Gasteiger partial charge in [-0.1, -0.05) is 173 Å². The van der Waals surface area contributed by atoms with Crippen LogP contribution in [0.4, 0.5) is 0 Å². The van der Waals surface area contributed by atoms with Crippen LogP contribution in [0.25, 0.3) is 16.0 Å².